The Balaban J connectivity index is 1.82. The van der Waals surface area contributed by atoms with Crippen LogP contribution in [0.25, 0.3) is 5.76 Å². The van der Waals surface area contributed by atoms with E-state index < -0.39 is 23.7 Å². The lowest BCUT2D eigenvalue weighted by Crippen LogP contribution is -2.29. The maximum absolute atomic E-state index is 13.3. The summed E-state index contributed by atoms with van der Waals surface area (Å²) >= 11 is 0.954. The summed E-state index contributed by atoms with van der Waals surface area (Å²) in [6, 6.07) is 9.02. The molecule has 9 nitrogen and oxygen atoms in total. The smallest absolute Gasteiger partial charge is 0.350 e. The Morgan fingerprint density at radius 3 is 2.56 bits per heavy atom. The summed E-state index contributed by atoms with van der Waals surface area (Å²) in [4.78, 5) is 48.8. The van der Waals surface area contributed by atoms with Crippen molar-refractivity contribution in [1.82, 2.24) is 9.97 Å². The van der Waals surface area contributed by atoms with Crippen LogP contribution in [-0.2, 0) is 14.3 Å². The Hall–Kier alpha value is -4.05. The van der Waals surface area contributed by atoms with Crippen molar-refractivity contribution in [3.05, 3.63) is 76.1 Å². The minimum absolute atomic E-state index is 0.0965. The molecule has 3 aromatic rings. The van der Waals surface area contributed by atoms with Crippen molar-refractivity contribution in [1.29, 1.82) is 0 Å². The topological polar surface area (TPSA) is 119 Å². The molecule has 0 saturated carbocycles. The fourth-order valence-corrected chi connectivity index (χ4v) is 4.83. The van der Waals surface area contributed by atoms with Crippen molar-refractivity contribution < 1.29 is 29.0 Å². The molecule has 1 N–H and O–H groups in total. The number of aryl methyl sites for hydroxylation is 1. The van der Waals surface area contributed by atoms with Crippen LogP contribution in [-0.4, -0.2) is 45.9 Å². The zero-order valence-corrected chi connectivity index (χ0v) is 20.9. The summed E-state index contributed by atoms with van der Waals surface area (Å²) in [6.07, 6.45) is 3.94. The van der Waals surface area contributed by atoms with E-state index >= 15 is 0 Å². The number of carbonyl (C=O) groups excluding carboxylic acids is 3. The Kier molecular flexibility index (Phi) is 7.44. The molecule has 0 aliphatic carbocycles. The van der Waals surface area contributed by atoms with Gasteiger partial charge in [-0.15, -0.1) is 0 Å². The number of esters is 1. The van der Waals surface area contributed by atoms with Crippen molar-refractivity contribution in [3.8, 4) is 5.75 Å². The minimum Gasteiger partial charge on any atom is -0.507 e. The number of anilines is 1. The third-order valence-electron chi connectivity index (χ3n) is 5.50. The summed E-state index contributed by atoms with van der Waals surface area (Å²) in [7, 11) is 0. The highest BCUT2D eigenvalue weighted by atomic mass is 32.1. The molecule has 10 heteroatoms. The van der Waals surface area contributed by atoms with Gasteiger partial charge in [0.1, 0.15) is 16.4 Å². The molecule has 0 unspecified atom stereocenters. The van der Waals surface area contributed by atoms with E-state index in [9.17, 15) is 19.5 Å². The number of rotatable bonds is 8. The first-order valence-corrected chi connectivity index (χ1v) is 12.3. The highest BCUT2D eigenvalue weighted by molar-refractivity contribution is 7.17. The van der Waals surface area contributed by atoms with Crippen LogP contribution in [0.3, 0.4) is 0 Å². The second-order valence-electron chi connectivity index (χ2n) is 7.96. The van der Waals surface area contributed by atoms with Gasteiger partial charge in [-0.1, -0.05) is 24.3 Å². The van der Waals surface area contributed by atoms with E-state index in [1.165, 1.54) is 11.1 Å². The predicted molar refractivity (Wildman–Crippen MR) is 134 cm³/mol. The van der Waals surface area contributed by atoms with Crippen molar-refractivity contribution in [2.75, 3.05) is 18.1 Å². The average molecular weight is 508 g/mol. The van der Waals surface area contributed by atoms with Gasteiger partial charge in [0.05, 0.1) is 30.5 Å². The highest BCUT2D eigenvalue weighted by Gasteiger charge is 2.48. The predicted octanol–water partition coefficient (Wildman–Crippen LogP) is 4.44. The number of ether oxygens (including phenoxy) is 2. The van der Waals surface area contributed by atoms with E-state index in [0.717, 1.165) is 17.8 Å². The number of hydrogen-bond acceptors (Lipinski definition) is 9. The fourth-order valence-electron chi connectivity index (χ4n) is 3.84. The van der Waals surface area contributed by atoms with Gasteiger partial charge >= 0.3 is 11.9 Å². The third kappa shape index (κ3) is 4.72. The number of thiazole rings is 1. The maximum Gasteiger partial charge on any atom is 0.350 e. The van der Waals surface area contributed by atoms with Crippen LogP contribution < -0.4 is 9.64 Å². The van der Waals surface area contributed by atoms with Crippen LogP contribution in [0.1, 0.15) is 52.8 Å². The molecule has 0 bridgehead atoms. The number of aliphatic hydroxyl groups is 1. The van der Waals surface area contributed by atoms with E-state index in [1.807, 2.05) is 6.92 Å². The number of carbonyl (C=O) groups is 3. The zero-order valence-electron chi connectivity index (χ0n) is 20.1. The van der Waals surface area contributed by atoms with Crippen LogP contribution >= 0.6 is 11.3 Å². The normalized spacial score (nSPS) is 16.9. The standard InChI is InChI=1S/C26H25N3O6S/c1-4-13-35-18-10-8-16(9-11-18)21(30)19-20(17-7-6-12-27-14-17)29(24(32)22(19)31)26-28-15(3)23(36-26)25(33)34-5-2/h6-12,14,20,30H,4-5,13H2,1-3H3/t20-/m1/s1. The monoisotopic (exact) mass is 507 g/mol. The quantitative estimate of drug-likeness (QED) is 0.206. The zero-order chi connectivity index (χ0) is 25.8. The molecule has 1 aliphatic rings. The van der Waals surface area contributed by atoms with Gasteiger partial charge in [-0.25, -0.2) is 9.78 Å². The molecule has 1 aliphatic heterocycles. The molecule has 1 aromatic carbocycles. The summed E-state index contributed by atoms with van der Waals surface area (Å²) in [5.41, 5.74) is 1.14. The molecule has 1 saturated heterocycles. The van der Waals surface area contributed by atoms with E-state index in [-0.39, 0.29) is 27.9 Å². The first kappa shape index (κ1) is 25.1. The number of nitrogens with zero attached hydrogens (tertiary/aromatic N) is 3. The van der Waals surface area contributed by atoms with Gasteiger partial charge in [0.15, 0.2) is 5.13 Å². The first-order chi connectivity index (χ1) is 17.4. The lowest BCUT2D eigenvalue weighted by atomic mass is 9.96. The molecule has 186 valence electrons. The Labute approximate surface area is 212 Å². The molecular formula is C26H25N3O6S. The summed E-state index contributed by atoms with van der Waals surface area (Å²) in [5.74, 6) is -1.98. The number of aromatic nitrogens is 2. The number of ketones is 1. The second-order valence-corrected chi connectivity index (χ2v) is 8.94. The van der Waals surface area contributed by atoms with E-state index in [2.05, 4.69) is 9.97 Å². The van der Waals surface area contributed by atoms with Crippen molar-refractivity contribution in [3.63, 3.8) is 0 Å². The van der Waals surface area contributed by atoms with Crippen LogP contribution in [0.2, 0.25) is 0 Å². The van der Waals surface area contributed by atoms with Crippen LogP contribution in [0.4, 0.5) is 5.13 Å². The molecule has 3 heterocycles. The average Bonchev–Trinajstić information content (AvgIpc) is 3.40. The van der Waals surface area contributed by atoms with Gasteiger partial charge in [0, 0.05) is 18.0 Å². The Bertz CT molecular complexity index is 1320. The number of Topliss-reactive ketones (excluding diaryl/α,β-unsaturated/α-hetero) is 1. The molecule has 36 heavy (non-hydrogen) atoms. The molecule has 0 radical (unpaired) electrons. The third-order valence-corrected chi connectivity index (χ3v) is 6.63. The molecule has 0 spiro atoms. The molecule has 2 aromatic heterocycles. The van der Waals surface area contributed by atoms with Gasteiger partial charge in [-0.3, -0.25) is 19.5 Å². The largest absolute Gasteiger partial charge is 0.507 e. The molecule has 1 atom stereocenters. The van der Waals surface area contributed by atoms with Gasteiger partial charge in [0.2, 0.25) is 0 Å². The summed E-state index contributed by atoms with van der Waals surface area (Å²) in [6.45, 7) is 6.06. The Morgan fingerprint density at radius 1 is 1.17 bits per heavy atom. The molecule has 1 fully saturated rings. The maximum atomic E-state index is 13.3. The van der Waals surface area contributed by atoms with Gasteiger partial charge in [-0.05, 0) is 56.2 Å². The second kappa shape index (κ2) is 10.7. The number of hydrogen-bond donors (Lipinski definition) is 1. The van der Waals surface area contributed by atoms with E-state index in [4.69, 9.17) is 9.47 Å². The lowest BCUT2D eigenvalue weighted by molar-refractivity contribution is -0.132. The summed E-state index contributed by atoms with van der Waals surface area (Å²) in [5, 5.41) is 11.4. The van der Waals surface area contributed by atoms with Crippen molar-refractivity contribution in [2.45, 2.75) is 33.2 Å². The van der Waals surface area contributed by atoms with Crippen LogP contribution in [0.15, 0.2) is 54.4 Å². The number of amides is 1. The van der Waals surface area contributed by atoms with Gasteiger partial charge < -0.3 is 14.6 Å². The lowest BCUT2D eigenvalue weighted by Gasteiger charge is -2.22. The van der Waals surface area contributed by atoms with E-state index in [0.29, 0.717) is 29.2 Å². The van der Waals surface area contributed by atoms with Crippen molar-refractivity contribution in [2.24, 2.45) is 0 Å². The van der Waals surface area contributed by atoms with Crippen molar-refractivity contribution >= 4 is 39.9 Å². The van der Waals surface area contributed by atoms with Gasteiger partial charge in [-0.2, -0.15) is 0 Å². The van der Waals surface area contributed by atoms with Crippen LogP contribution in [0, 0.1) is 6.92 Å². The molecule has 1 amide bonds. The first-order valence-electron chi connectivity index (χ1n) is 11.5. The fraction of sp³-hybridized carbons (Fsp3) is 0.269. The highest BCUT2D eigenvalue weighted by Crippen LogP contribution is 2.43. The minimum atomic E-state index is -0.990. The van der Waals surface area contributed by atoms with Crippen LogP contribution in [0.5, 0.6) is 5.75 Å². The van der Waals surface area contributed by atoms with Gasteiger partial charge in [0.25, 0.3) is 5.78 Å². The Morgan fingerprint density at radius 2 is 1.92 bits per heavy atom. The summed E-state index contributed by atoms with van der Waals surface area (Å²) < 4.78 is 10.7. The number of aliphatic hydroxyl groups excluding tert-OH is 1. The van der Waals surface area contributed by atoms with E-state index in [1.54, 1.807) is 56.4 Å². The molecular weight excluding hydrogens is 482 g/mol. The number of pyridine rings is 1. The SMILES string of the molecule is CCCOc1ccc(C(O)=C2C(=O)C(=O)N(c3nc(C)c(C(=O)OCC)s3)[C@@H]2c2cccnc2)cc1. The molecule has 4 rings (SSSR count). The number of benzene rings is 1.